The lowest BCUT2D eigenvalue weighted by Crippen LogP contribution is -2.28. The van der Waals surface area contributed by atoms with Crippen LogP contribution in [0.5, 0.6) is 0 Å². The molecule has 1 aliphatic heterocycles. The highest BCUT2D eigenvalue weighted by molar-refractivity contribution is 7.99. The van der Waals surface area contributed by atoms with E-state index in [2.05, 4.69) is 41.7 Å². The van der Waals surface area contributed by atoms with Crippen molar-refractivity contribution in [2.45, 2.75) is 22.3 Å². The molecule has 1 unspecified atom stereocenters. The molecule has 1 atom stereocenters. The van der Waals surface area contributed by atoms with E-state index >= 15 is 0 Å². The molecule has 12 heteroatoms. The van der Waals surface area contributed by atoms with Crippen molar-refractivity contribution < 1.29 is 39.6 Å². The molecule has 3 rings (SSSR count). The van der Waals surface area contributed by atoms with Crippen LogP contribution < -0.4 is 11.1 Å². The number of halogens is 1. The largest absolute Gasteiger partial charge is 0.478 e. The standard InChI is InChI=1S/C16H17ClN2S.2C4H4O4/c17-12-5-6-15-11(9-12)10-14(19-8-7-18)13-3-1-2-4-16(13)20-15;2*5-3(6)1-2-4(7)8/h1-6,9,14,19H,7-8,10,18H2;2*1-2H,(H,5,6)(H,7,8)/b;2*2-1+. The quantitative estimate of drug-likeness (QED) is 0.285. The topological polar surface area (TPSA) is 187 Å². The van der Waals surface area contributed by atoms with Crippen molar-refractivity contribution in [3.63, 3.8) is 0 Å². The monoisotopic (exact) mass is 536 g/mol. The van der Waals surface area contributed by atoms with Gasteiger partial charge in [-0.3, -0.25) is 0 Å². The minimum absolute atomic E-state index is 0.293. The molecule has 0 aliphatic carbocycles. The molecule has 0 fully saturated rings. The Balaban J connectivity index is 0.000000337. The number of rotatable bonds is 7. The lowest BCUT2D eigenvalue weighted by atomic mass is 9.99. The molecule has 0 amide bonds. The summed E-state index contributed by atoms with van der Waals surface area (Å²) in [4.78, 5) is 40.8. The van der Waals surface area contributed by atoms with E-state index in [1.165, 1.54) is 20.9 Å². The summed E-state index contributed by atoms with van der Waals surface area (Å²) < 4.78 is 0. The van der Waals surface area contributed by atoms with Crippen molar-refractivity contribution in [1.82, 2.24) is 5.32 Å². The number of hydrogen-bond donors (Lipinski definition) is 6. The molecule has 2 aromatic carbocycles. The van der Waals surface area contributed by atoms with E-state index in [-0.39, 0.29) is 0 Å². The molecule has 7 N–H and O–H groups in total. The summed E-state index contributed by atoms with van der Waals surface area (Å²) in [6.07, 6.45) is 3.18. The van der Waals surface area contributed by atoms with Gasteiger partial charge in [0.25, 0.3) is 0 Å². The van der Waals surface area contributed by atoms with Gasteiger partial charge in [-0.25, -0.2) is 19.2 Å². The Morgan fingerprint density at radius 1 is 0.889 bits per heavy atom. The van der Waals surface area contributed by atoms with E-state index < -0.39 is 23.9 Å². The summed E-state index contributed by atoms with van der Waals surface area (Å²) in [6, 6.07) is 15.0. The summed E-state index contributed by atoms with van der Waals surface area (Å²) >= 11 is 7.96. The van der Waals surface area contributed by atoms with Crippen LogP contribution in [0.15, 0.2) is 76.6 Å². The second kappa shape index (κ2) is 16.1. The van der Waals surface area contributed by atoms with Gasteiger partial charge in [-0.15, -0.1) is 0 Å². The zero-order valence-corrected chi connectivity index (χ0v) is 20.4. The number of nitrogens with one attached hydrogen (secondary N) is 1. The first-order valence-corrected chi connectivity index (χ1v) is 11.5. The average molecular weight is 537 g/mol. The van der Waals surface area contributed by atoms with E-state index in [4.69, 9.17) is 37.8 Å². The van der Waals surface area contributed by atoms with Crippen LogP contribution in [0, 0.1) is 0 Å². The number of carbonyl (C=O) groups is 4. The maximum atomic E-state index is 9.55. The van der Waals surface area contributed by atoms with Gasteiger partial charge in [0, 0.05) is 58.2 Å². The maximum Gasteiger partial charge on any atom is 0.328 e. The molecular formula is C24H25ClN2O8S. The molecule has 0 radical (unpaired) electrons. The number of aliphatic carboxylic acids is 4. The van der Waals surface area contributed by atoms with Crippen LogP contribution in [0.25, 0.3) is 0 Å². The van der Waals surface area contributed by atoms with Crippen molar-refractivity contribution in [3.05, 3.63) is 82.9 Å². The van der Waals surface area contributed by atoms with E-state index in [1.807, 2.05) is 17.8 Å². The summed E-state index contributed by atoms with van der Waals surface area (Å²) in [5.74, 6) is -5.03. The lowest BCUT2D eigenvalue weighted by molar-refractivity contribution is -0.134. The highest BCUT2D eigenvalue weighted by Crippen LogP contribution is 2.41. The Morgan fingerprint density at radius 2 is 1.42 bits per heavy atom. The van der Waals surface area contributed by atoms with Crippen LogP contribution in [0.4, 0.5) is 0 Å². The highest BCUT2D eigenvalue weighted by atomic mass is 35.5. The predicted molar refractivity (Wildman–Crippen MR) is 134 cm³/mol. The number of hydrogen-bond acceptors (Lipinski definition) is 7. The molecule has 192 valence electrons. The Morgan fingerprint density at radius 3 is 1.92 bits per heavy atom. The van der Waals surface area contributed by atoms with Crippen LogP contribution in [0.3, 0.4) is 0 Å². The SMILES string of the molecule is NCCNC1Cc2cc(Cl)ccc2Sc2ccccc21.O=C(O)/C=C/C(=O)O.O=C(O)/C=C/C(=O)O. The van der Waals surface area contributed by atoms with Crippen LogP contribution in [-0.4, -0.2) is 57.4 Å². The Bertz CT molecular complexity index is 1070. The van der Waals surface area contributed by atoms with Crippen molar-refractivity contribution in [1.29, 1.82) is 0 Å². The Kier molecular flexibility index (Phi) is 13.6. The minimum atomic E-state index is -1.26. The third kappa shape index (κ3) is 12.2. The fourth-order valence-electron chi connectivity index (χ4n) is 2.84. The molecule has 0 spiro atoms. The van der Waals surface area contributed by atoms with Gasteiger partial charge in [0.15, 0.2) is 0 Å². The average Bonchev–Trinajstić information content (AvgIpc) is 2.97. The minimum Gasteiger partial charge on any atom is -0.478 e. The molecule has 36 heavy (non-hydrogen) atoms. The molecule has 1 heterocycles. The first kappa shape index (κ1) is 30.4. The summed E-state index contributed by atoms with van der Waals surface area (Å²) in [7, 11) is 0. The van der Waals surface area contributed by atoms with Gasteiger partial charge >= 0.3 is 23.9 Å². The number of fused-ring (bicyclic) bond motifs is 2. The highest BCUT2D eigenvalue weighted by Gasteiger charge is 2.22. The summed E-state index contributed by atoms with van der Waals surface area (Å²) in [6.45, 7) is 1.47. The van der Waals surface area contributed by atoms with Gasteiger partial charge in [0.05, 0.1) is 0 Å². The van der Waals surface area contributed by atoms with Crippen LogP contribution >= 0.6 is 23.4 Å². The molecule has 0 bridgehead atoms. The Labute approximate surface area is 216 Å². The summed E-state index contributed by atoms with van der Waals surface area (Å²) in [5, 5.41) is 35.6. The first-order valence-electron chi connectivity index (χ1n) is 10.3. The number of carboxylic acid groups (broad SMARTS) is 4. The van der Waals surface area contributed by atoms with Crippen LogP contribution in [0.2, 0.25) is 5.02 Å². The zero-order valence-electron chi connectivity index (χ0n) is 18.8. The zero-order chi connectivity index (χ0) is 27.1. The number of nitrogens with two attached hydrogens (primary N) is 1. The number of carboxylic acids is 4. The molecule has 10 nitrogen and oxygen atoms in total. The Hall–Kier alpha value is -3.64. The second-order valence-corrected chi connectivity index (χ2v) is 8.43. The first-order chi connectivity index (χ1) is 17.0. The van der Waals surface area contributed by atoms with Gasteiger partial charge in [-0.05, 0) is 41.8 Å². The van der Waals surface area contributed by atoms with E-state index in [0.29, 0.717) is 36.9 Å². The number of benzene rings is 2. The van der Waals surface area contributed by atoms with Gasteiger partial charge < -0.3 is 31.5 Å². The third-order valence-electron chi connectivity index (χ3n) is 4.23. The molecule has 0 saturated heterocycles. The van der Waals surface area contributed by atoms with Crippen LogP contribution in [0.1, 0.15) is 17.2 Å². The van der Waals surface area contributed by atoms with Gasteiger partial charge in [-0.1, -0.05) is 41.6 Å². The van der Waals surface area contributed by atoms with Crippen molar-refractivity contribution in [3.8, 4) is 0 Å². The molecule has 0 aromatic heterocycles. The van der Waals surface area contributed by atoms with Gasteiger partial charge in [-0.2, -0.15) is 0 Å². The normalized spacial score (nSPS) is 13.8. The van der Waals surface area contributed by atoms with Crippen molar-refractivity contribution >= 4 is 47.2 Å². The second-order valence-electron chi connectivity index (χ2n) is 6.91. The molecule has 2 aromatic rings. The smallest absolute Gasteiger partial charge is 0.328 e. The molecule has 0 saturated carbocycles. The fourth-order valence-corrected chi connectivity index (χ4v) is 4.16. The van der Waals surface area contributed by atoms with Crippen molar-refractivity contribution in [2.75, 3.05) is 13.1 Å². The molecular weight excluding hydrogens is 512 g/mol. The van der Waals surface area contributed by atoms with E-state index in [1.54, 1.807) is 0 Å². The van der Waals surface area contributed by atoms with Crippen molar-refractivity contribution in [2.24, 2.45) is 5.73 Å². The van der Waals surface area contributed by atoms with E-state index in [9.17, 15) is 19.2 Å². The lowest BCUT2D eigenvalue weighted by Gasteiger charge is -2.19. The maximum absolute atomic E-state index is 9.55. The fraction of sp³-hybridized carbons (Fsp3) is 0.167. The predicted octanol–water partition coefficient (Wildman–Crippen LogP) is 3.06. The van der Waals surface area contributed by atoms with E-state index in [0.717, 1.165) is 18.0 Å². The van der Waals surface area contributed by atoms with Crippen LogP contribution in [-0.2, 0) is 25.6 Å². The summed E-state index contributed by atoms with van der Waals surface area (Å²) in [5.41, 5.74) is 8.28. The van der Waals surface area contributed by atoms with Gasteiger partial charge in [0.1, 0.15) is 0 Å². The molecule has 1 aliphatic rings. The third-order valence-corrected chi connectivity index (χ3v) is 5.68. The van der Waals surface area contributed by atoms with Gasteiger partial charge in [0.2, 0.25) is 0 Å².